The molecule has 370 valence electrons. The molecule has 63 heavy (non-hydrogen) atoms. The van der Waals surface area contributed by atoms with Gasteiger partial charge in [0.2, 0.25) is 0 Å². The van der Waals surface area contributed by atoms with Crippen LogP contribution in [0.2, 0.25) is 0 Å². The van der Waals surface area contributed by atoms with Crippen LogP contribution in [-0.2, 0) is 28.6 Å². The summed E-state index contributed by atoms with van der Waals surface area (Å²) in [5, 5.41) is 0. The number of hydrogen-bond acceptors (Lipinski definition) is 6. The number of allylic oxidation sites excluding steroid dienone is 4. The van der Waals surface area contributed by atoms with E-state index in [1.165, 1.54) is 205 Å². The maximum Gasteiger partial charge on any atom is 0.306 e. The van der Waals surface area contributed by atoms with Crippen LogP contribution in [0.5, 0.6) is 0 Å². The number of rotatable bonds is 51. The van der Waals surface area contributed by atoms with E-state index >= 15 is 0 Å². The van der Waals surface area contributed by atoms with Crippen LogP contribution in [0.25, 0.3) is 0 Å². The molecular weight excluding hydrogens is 781 g/mol. The number of unbranched alkanes of at least 4 members (excludes halogenated alkanes) is 36. The molecule has 0 amide bonds. The summed E-state index contributed by atoms with van der Waals surface area (Å²) in [4.78, 5) is 38.0. The molecular formula is C57H106O6. The van der Waals surface area contributed by atoms with Gasteiger partial charge in [-0.1, -0.05) is 270 Å². The van der Waals surface area contributed by atoms with E-state index in [1.807, 2.05) is 6.08 Å². The van der Waals surface area contributed by atoms with Crippen molar-refractivity contribution in [1.29, 1.82) is 0 Å². The third-order valence-corrected chi connectivity index (χ3v) is 12.5. The molecule has 6 nitrogen and oxygen atoms in total. The minimum absolute atomic E-state index is 0.0883. The van der Waals surface area contributed by atoms with Gasteiger partial charge in [-0.05, 0) is 38.5 Å². The second-order valence-electron chi connectivity index (χ2n) is 18.9. The van der Waals surface area contributed by atoms with Gasteiger partial charge in [0.1, 0.15) is 13.2 Å². The van der Waals surface area contributed by atoms with Gasteiger partial charge >= 0.3 is 17.9 Å². The lowest BCUT2D eigenvalue weighted by Gasteiger charge is -2.18. The van der Waals surface area contributed by atoms with Crippen molar-refractivity contribution in [2.24, 2.45) is 0 Å². The molecule has 0 heterocycles. The molecule has 0 bridgehead atoms. The highest BCUT2D eigenvalue weighted by atomic mass is 16.6. The third-order valence-electron chi connectivity index (χ3n) is 12.5. The third kappa shape index (κ3) is 50.7. The fourth-order valence-electron chi connectivity index (χ4n) is 8.26. The quantitative estimate of drug-likeness (QED) is 0.0262. The Morgan fingerprint density at radius 1 is 0.317 bits per heavy atom. The molecule has 0 fully saturated rings. The van der Waals surface area contributed by atoms with Crippen molar-refractivity contribution in [3.8, 4) is 0 Å². The number of esters is 3. The summed E-state index contributed by atoms with van der Waals surface area (Å²) >= 11 is 0. The van der Waals surface area contributed by atoms with Crippen LogP contribution in [-0.4, -0.2) is 37.2 Å². The van der Waals surface area contributed by atoms with Gasteiger partial charge in [0, 0.05) is 19.3 Å². The lowest BCUT2D eigenvalue weighted by atomic mass is 10.0. The van der Waals surface area contributed by atoms with Crippen LogP contribution in [0.3, 0.4) is 0 Å². The van der Waals surface area contributed by atoms with Crippen LogP contribution >= 0.6 is 0 Å². The van der Waals surface area contributed by atoms with Crippen molar-refractivity contribution in [3.63, 3.8) is 0 Å². The molecule has 0 spiro atoms. The highest BCUT2D eigenvalue weighted by molar-refractivity contribution is 5.71. The molecule has 0 aliphatic heterocycles. The SMILES string of the molecule is CCCCCCCC/C=C\C/C=C\CCC(=O)OC(COC(=O)CCCCCCCCCCCCCCC)COC(=O)CCCCCCCCCCCCCCCCCCCCC. The first-order valence-corrected chi connectivity index (χ1v) is 27.8. The average molecular weight is 887 g/mol. The molecule has 0 saturated carbocycles. The summed E-state index contributed by atoms with van der Waals surface area (Å²) in [5.74, 6) is -0.938. The fraction of sp³-hybridized carbons (Fsp3) is 0.877. The molecule has 0 saturated heterocycles. The Kier molecular flexibility index (Phi) is 50.8. The monoisotopic (exact) mass is 887 g/mol. The summed E-state index contributed by atoms with van der Waals surface area (Å²) in [6.07, 6.45) is 60.4. The van der Waals surface area contributed by atoms with Gasteiger partial charge in [-0.2, -0.15) is 0 Å². The Morgan fingerprint density at radius 2 is 0.603 bits per heavy atom. The van der Waals surface area contributed by atoms with Crippen molar-refractivity contribution in [1.82, 2.24) is 0 Å². The van der Waals surface area contributed by atoms with E-state index < -0.39 is 6.10 Å². The highest BCUT2D eigenvalue weighted by Gasteiger charge is 2.19. The van der Waals surface area contributed by atoms with Crippen LogP contribution in [0.4, 0.5) is 0 Å². The van der Waals surface area contributed by atoms with Crippen LogP contribution in [0.15, 0.2) is 24.3 Å². The summed E-state index contributed by atoms with van der Waals surface area (Å²) in [5.41, 5.74) is 0. The first kappa shape index (κ1) is 60.9. The topological polar surface area (TPSA) is 78.9 Å². The predicted molar refractivity (Wildman–Crippen MR) is 270 cm³/mol. The van der Waals surface area contributed by atoms with Gasteiger partial charge in [-0.3, -0.25) is 14.4 Å². The summed E-state index contributed by atoms with van der Waals surface area (Å²) in [6, 6.07) is 0. The fourth-order valence-corrected chi connectivity index (χ4v) is 8.26. The Morgan fingerprint density at radius 3 is 0.937 bits per heavy atom. The maximum absolute atomic E-state index is 12.8. The Bertz CT molecular complexity index is 1020. The van der Waals surface area contributed by atoms with E-state index in [0.717, 1.165) is 51.4 Å². The second kappa shape index (κ2) is 52.5. The van der Waals surface area contributed by atoms with Gasteiger partial charge in [-0.25, -0.2) is 0 Å². The predicted octanol–water partition coefficient (Wildman–Crippen LogP) is 18.3. The van der Waals surface area contributed by atoms with Crippen molar-refractivity contribution in [2.75, 3.05) is 13.2 Å². The van der Waals surface area contributed by atoms with Crippen LogP contribution < -0.4 is 0 Å². The Labute approximate surface area is 392 Å². The molecule has 1 unspecified atom stereocenters. The molecule has 6 heteroatoms. The largest absolute Gasteiger partial charge is 0.462 e. The molecule has 0 aromatic carbocycles. The number of carbonyl (C=O) groups excluding carboxylic acids is 3. The lowest BCUT2D eigenvalue weighted by molar-refractivity contribution is -0.166. The molecule has 0 N–H and O–H groups in total. The maximum atomic E-state index is 12.8. The van der Waals surface area contributed by atoms with Crippen LogP contribution in [0, 0.1) is 0 Å². The Balaban J connectivity index is 4.32. The number of hydrogen-bond donors (Lipinski definition) is 0. The van der Waals surface area contributed by atoms with E-state index in [-0.39, 0.29) is 37.5 Å². The average Bonchev–Trinajstić information content (AvgIpc) is 3.28. The van der Waals surface area contributed by atoms with E-state index in [1.54, 1.807) is 0 Å². The molecule has 1 atom stereocenters. The minimum Gasteiger partial charge on any atom is -0.462 e. The zero-order chi connectivity index (χ0) is 45.8. The lowest BCUT2D eigenvalue weighted by Crippen LogP contribution is -2.30. The Hall–Kier alpha value is -2.11. The molecule has 0 aliphatic rings. The summed E-state index contributed by atoms with van der Waals surface area (Å²) < 4.78 is 16.8. The van der Waals surface area contributed by atoms with Crippen molar-refractivity contribution >= 4 is 17.9 Å². The first-order chi connectivity index (χ1) is 31.0. The standard InChI is InChI=1S/C57H106O6/c1-4-7-10-13-16-19-22-25-26-27-28-29-30-33-35-38-41-44-47-50-56(59)62-53-54(63-57(60)51-48-45-42-39-36-32-24-21-18-15-12-9-6-3)52-61-55(58)49-46-43-40-37-34-31-23-20-17-14-11-8-5-2/h32,36,42,45,54H,4-31,33-35,37-41,43-44,46-53H2,1-3H3/b36-32-,45-42-. The summed E-state index contributed by atoms with van der Waals surface area (Å²) in [7, 11) is 0. The van der Waals surface area contributed by atoms with Gasteiger partial charge in [0.05, 0.1) is 0 Å². The van der Waals surface area contributed by atoms with Gasteiger partial charge in [-0.15, -0.1) is 0 Å². The van der Waals surface area contributed by atoms with Crippen LogP contribution in [0.1, 0.15) is 303 Å². The zero-order valence-corrected chi connectivity index (χ0v) is 42.4. The second-order valence-corrected chi connectivity index (χ2v) is 18.9. The zero-order valence-electron chi connectivity index (χ0n) is 42.4. The van der Waals surface area contributed by atoms with Crippen molar-refractivity contribution in [3.05, 3.63) is 24.3 Å². The summed E-state index contributed by atoms with van der Waals surface area (Å²) in [6.45, 7) is 6.62. The molecule has 0 radical (unpaired) electrons. The van der Waals surface area contributed by atoms with E-state index in [0.29, 0.717) is 19.3 Å². The van der Waals surface area contributed by atoms with Crippen molar-refractivity contribution < 1.29 is 28.6 Å². The molecule has 0 aromatic heterocycles. The molecule has 0 aromatic rings. The number of ether oxygens (including phenoxy) is 3. The van der Waals surface area contributed by atoms with E-state index in [4.69, 9.17) is 14.2 Å². The van der Waals surface area contributed by atoms with Crippen molar-refractivity contribution in [2.45, 2.75) is 309 Å². The first-order valence-electron chi connectivity index (χ1n) is 27.8. The van der Waals surface area contributed by atoms with E-state index in [9.17, 15) is 14.4 Å². The van der Waals surface area contributed by atoms with Gasteiger partial charge in [0.15, 0.2) is 6.10 Å². The minimum atomic E-state index is -0.795. The normalized spacial score (nSPS) is 12.1. The van der Waals surface area contributed by atoms with Gasteiger partial charge < -0.3 is 14.2 Å². The molecule has 0 rings (SSSR count). The molecule has 0 aliphatic carbocycles. The highest BCUT2D eigenvalue weighted by Crippen LogP contribution is 2.17. The smallest absolute Gasteiger partial charge is 0.306 e. The van der Waals surface area contributed by atoms with Gasteiger partial charge in [0.25, 0.3) is 0 Å². The number of carbonyl (C=O) groups is 3. The van der Waals surface area contributed by atoms with E-state index in [2.05, 4.69) is 39.0 Å².